The minimum Gasteiger partial charge on any atom is -0.378 e. The normalized spacial score (nSPS) is 46.6. The maximum absolute atomic E-state index is 11.1. The molecule has 2 N–H and O–H groups in total. The topological polar surface area (TPSA) is 57.9 Å². The summed E-state index contributed by atoms with van der Waals surface area (Å²) in [5.41, 5.74) is 3.72. The third-order valence-electron chi connectivity index (χ3n) is 7.52. The maximum Gasteiger partial charge on any atom is 0.160 e. The molecule has 1 aromatic carbocycles. The minimum atomic E-state index is -0.727. The van der Waals surface area contributed by atoms with E-state index in [9.17, 15) is 10.2 Å². The van der Waals surface area contributed by atoms with Gasteiger partial charge in [0.25, 0.3) is 0 Å². The van der Waals surface area contributed by atoms with Crippen LogP contribution in [0.25, 0.3) is 10.9 Å². The van der Waals surface area contributed by atoms with Crippen LogP contribution in [0.4, 0.5) is 0 Å². The highest BCUT2D eigenvalue weighted by Gasteiger charge is 2.66. The second-order valence-electron chi connectivity index (χ2n) is 8.24. The molecule has 4 fully saturated rings. The molecule has 5 nitrogen and oxygen atoms in total. The highest BCUT2D eigenvalue weighted by atomic mass is 16.6. The maximum atomic E-state index is 11.1. The quantitative estimate of drug-likeness (QED) is 0.836. The van der Waals surface area contributed by atoms with Crippen LogP contribution >= 0.6 is 0 Å². The molecule has 0 radical (unpaired) electrons. The van der Waals surface area contributed by atoms with Gasteiger partial charge in [0, 0.05) is 41.0 Å². The Balaban J connectivity index is 1.65. The number of rotatable bonds is 1. The molecule has 9 atom stereocenters. The van der Waals surface area contributed by atoms with E-state index in [-0.39, 0.29) is 30.0 Å². The molecule has 5 heteroatoms. The van der Waals surface area contributed by atoms with Crippen molar-refractivity contribution in [3.05, 3.63) is 35.5 Å². The SMILES string of the molecule is CC[C@H]1[C@@H]2C[C@H]3c4c(c5ccccc5n4C)[C@H]4O[C@H](O)[C@@H]2C4N3[C@@H]1O. The van der Waals surface area contributed by atoms with Crippen LogP contribution in [0.3, 0.4) is 0 Å². The van der Waals surface area contributed by atoms with Crippen molar-refractivity contribution in [3.8, 4) is 0 Å². The van der Waals surface area contributed by atoms with Crippen LogP contribution in [-0.4, -0.2) is 38.2 Å². The highest BCUT2D eigenvalue weighted by molar-refractivity contribution is 5.86. The van der Waals surface area contributed by atoms with Gasteiger partial charge in [-0.1, -0.05) is 25.1 Å². The van der Waals surface area contributed by atoms with Gasteiger partial charge in [-0.3, -0.25) is 4.90 Å². The molecular weight excluding hydrogens is 316 g/mol. The Morgan fingerprint density at radius 1 is 1.24 bits per heavy atom. The number of fused-ring (bicyclic) bond motifs is 5. The fraction of sp³-hybridized carbons (Fsp3) is 0.600. The predicted molar refractivity (Wildman–Crippen MR) is 92.5 cm³/mol. The summed E-state index contributed by atoms with van der Waals surface area (Å²) >= 11 is 0. The van der Waals surface area contributed by atoms with Gasteiger partial charge in [-0.2, -0.15) is 0 Å². The summed E-state index contributed by atoms with van der Waals surface area (Å²) in [7, 11) is 2.12. The third-order valence-corrected chi connectivity index (χ3v) is 7.52. The molecular formula is C20H24N2O3. The van der Waals surface area contributed by atoms with Gasteiger partial charge in [-0.25, -0.2) is 0 Å². The van der Waals surface area contributed by atoms with E-state index in [4.69, 9.17) is 4.74 Å². The lowest BCUT2D eigenvalue weighted by molar-refractivity contribution is -0.219. The monoisotopic (exact) mass is 340 g/mol. The van der Waals surface area contributed by atoms with Gasteiger partial charge in [-0.15, -0.1) is 0 Å². The molecule has 5 aliphatic rings. The average Bonchev–Trinajstić information content (AvgIpc) is 3.12. The van der Waals surface area contributed by atoms with Gasteiger partial charge in [0.05, 0.1) is 12.1 Å². The predicted octanol–water partition coefficient (Wildman–Crippen LogP) is 2.29. The van der Waals surface area contributed by atoms with E-state index in [2.05, 4.69) is 47.7 Å². The molecule has 0 aliphatic carbocycles. The Morgan fingerprint density at radius 3 is 2.84 bits per heavy atom. The summed E-state index contributed by atoms with van der Waals surface area (Å²) in [5, 5.41) is 23.0. The van der Waals surface area contributed by atoms with Crippen molar-refractivity contribution >= 4 is 10.9 Å². The second kappa shape index (κ2) is 4.65. The molecule has 0 spiro atoms. The lowest BCUT2D eigenvalue weighted by Crippen LogP contribution is -2.67. The van der Waals surface area contributed by atoms with Crippen molar-refractivity contribution in [1.29, 1.82) is 0 Å². The molecule has 4 saturated heterocycles. The van der Waals surface area contributed by atoms with Crippen LogP contribution in [-0.2, 0) is 11.8 Å². The number of aliphatic hydroxyl groups excluding tert-OH is 2. The van der Waals surface area contributed by atoms with Crippen molar-refractivity contribution in [2.45, 2.75) is 50.5 Å². The Morgan fingerprint density at radius 2 is 2.04 bits per heavy atom. The molecule has 5 aliphatic heterocycles. The van der Waals surface area contributed by atoms with Crippen LogP contribution < -0.4 is 0 Å². The highest BCUT2D eigenvalue weighted by Crippen LogP contribution is 2.64. The summed E-state index contributed by atoms with van der Waals surface area (Å²) in [6, 6.07) is 8.78. The summed E-state index contributed by atoms with van der Waals surface area (Å²) in [4.78, 5) is 2.28. The Labute approximate surface area is 146 Å². The van der Waals surface area contributed by atoms with Crippen LogP contribution in [0.1, 0.15) is 43.2 Å². The Kier molecular flexibility index (Phi) is 2.74. The van der Waals surface area contributed by atoms with Gasteiger partial charge in [0.2, 0.25) is 0 Å². The number of hydrogen-bond donors (Lipinski definition) is 2. The van der Waals surface area contributed by atoms with Crippen LogP contribution in [0.2, 0.25) is 0 Å². The summed E-state index contributed by atoms with van der Waals surface area (Å²) < 4.78 is 8.44. The van der Waals surface area contributed by atoms with Gasteiger partial charge in [-0.05, 0) is 24.8 Å². The molecule has 6 heterocycles. The van der Waals surface area contributed by atoms with Crippen molar-refractivity contribution in [3.63, 3.8) is 0 Å². The first-order chi connectivity index (χ1) is 12.1. The van der Waals surface area contributed by atoms with Gasteiger partial charge >= 0.3 is 0 Å². The molecule has 7 rings (SSSR count). The van der Waals surface area contributed by atoms with E-state index < -0.39 is 12.5 Å². The van der Waals surface area contributed by atoms with E-state index in [0.29, 0.717) is 5.92 Å². The molecule has 2 aromatic rings. The number of aryl methyl sites for hydroxylation is 1. The zero-order valence-corrected chi connectivity index (χ0v) is 14.5. The van der Waals surface area contributed by atoms with E-state index in [0.717, 1.165) is 12.8 Å². The van der Waals surface area contributed by atoms with Crippen molar-refractivity contribution < 1.29 is 14.9 Å². The summed E-state index contributed by atoms with van der Waals surface area (Å²) in [6.07, 6.45) is 0.638. The number of hydrogen-bond acceptors (Lipinski definition) is 4. The fourth-order valence-corrected chi connectivity index (χ4v) is 6.67. The first-order valence-electron chi connectivity index (χ1n) is 9.49. The summed E-state index contributed by atoms with van der Waals surface area (Å²) in [5.74, 6) is 0.665. The minimum absolute atomic E-state index is 0.0925. The zero-order chi connectivity index (χ0) is 17.0. The standard InChI is InChI=1S/C20H24N2O3/c1-3-9-11-8-13-16-14(10-6-4-5-7-12(10)21(16)2)18-17(22(13)19(9)23)15(11)20(24)25-18/h4-7,9,11,13,15,17-20,23-24H,3,8H2,1-2H3/t9-,11-,13-,15-,17?,18+,19+,20-/m0/s1. The molecule has 25 heavy (non-hydrogen) atoms. The lowest BCUT2D eigenvalue weighted by Gasteiger charge is -2.61. The second-order valence-corrected chi connectivity index (χ2v) is 8.24. The smallest absolute Gasteiger partial charge is 0.160 e. The van der Waals surface area contributed by atoms with Crippen molar-refractivity contribution in [2.75, 3.05) is 0 Å². The van der Waals surface area contributed by atoms with Crippen molar-refractivity contribution in [2.24, 2.45) is 24.8 Å². The summed E-state index contributed by atoms with van der Waals surface area (Å²) in [6.45, 7) is 2.15. The van der Waals surface area contributed by atoms with Gasteiger partial charge in [0.15, 0.2) is 6.29 Å². The molecule has 132 valence electrons. The Hall–Kier alpha value is -1.40. The zero-order valence-electron chi connectivity index (χ0n) is 14.5. The number of benzene rings is 1. The molecule has 0 amide bonds. The number of para-hydroxylation sites is 1. The number of piperidine rings is 3. The first-order valence-corrected chi connectivity index (χ1v) is 9.49. The lowest BCUT2D eigenvalue weighted by atomic mass is 9.60. The van der Waals surface area contributed by atoms with Crippen LogP contribution in [0.5, 0.6) is 0 Å². The molecule has 1 aromatic heterocycles. The number of ether oxygens (including phenoxy) is 1. The van der Waals surface area contributed by atoms with Crippen LogP contribution in [0, 0.1) is 17.8 Å². The van der Waals surface area contributed by atoms with Crippen molar-refractivity contribution in [1.82, 2.24) is 9.47 Å². The van der Waals surface area contributed by atoms with E-state index >= 15 is 0 Å². The molecule has 0 saturated carbocycles. The molecule has 4 bridgehead atoms. The number of nitrogens with zero attached hydrogens (tertiary/aromatic N) is 2. The fourth-order valence-electron chi connectivity index (χ4n) is 6.67. The number of aromatic nitrogens is 1. The average molecular weight is 340 g/mol. The first kappa shape index (κ1) is 14.7. The van der Waals surface area contributed by atoms with Gasteiger partial charge < -0.3 is 19.5 Å². The number of aliphatic hydroxyl groups is 2. The largest absolute Gasteiger partial charge is 0.378 e. The van der Waals surface area contributed by atoms with E-state index in [1.165, 1.54) is 22.2 Å². The molecule has 2 unspecified atom stereocenters. The van der Waals surface area contributed by atoms with Crippen LogP contribution in [0.15, 0.2) is 24.3 Å². The third kappa shape index (κ3) is 1.51. The van der Waals surface area contributed by atoms with E-state index in [1.54, 1.807) is 0 Å². The van der Waals surface area contributed by atoms with Gasteiger partial charge in [0.1, 0.15) is 12.3 Å². The Bertz CT molecular complexity index is 877. The van der Waals surface area contributed by atoms with E-state index in [1.807, 2.05) is 0 Å².